The molecule has 0 radical (unpaired) electrons. The third kappa shape index (κ3) is 7.06. The molecule has 1 aromatic carbocycles. The number of nitrogens with zero attached hydrogens (tertiary/aromatic N) is 1. The number of carbonyl (C=O) groups is 1. The smallest absolute Gasteiger partial charge is 0.413 e. The largest absolute Gasteiger partial charge is 0.444 e. The number of hydrogen-bond acceptors (Lipinski definition) is 5. The lowest BCUT2D eigenvalue weighted by atomic mass is 10.2. The zero-order valence-electron chi connectivity index (χ0n) is 13.1. The lowest BCUT2D eigenvalue weighted by Gasteiger charge is -2.19. The van der Waals surface area contributed by atoms with E-state index >= 15 is 0 Å². The summed E-state index contributed by atoms with van der Waals surface area (Å²) < 4.78 is 5.12. The van der Waals surface area contributed by atoms with Crippen molar-refractivity contribution in [1.82, 2.24) is 5.32 Å². The van der Waals surface area contributed by atoms with E-state index in [1.54, 1.807) is 32.3 Å². The maximum atomic E-state index is 11.7. The molecule has 6 nitrogen and oxygen atoms in total. The second-order valence-electron chi connectivity index (χ2n) is 5.38. The fourth-order valence-corrected chi connectivity index (χ4v) is 1.81. The molecule has 0 bridgehead atoms. The van der Waals surface area contributed by atoms with Crippen molar-refractivity contribution in [3.8, 4) is 0 Å². The summed E-state index contributed by atoms with van der Waals surface area (Å²) in [5.41, 5.74) is 0.283. The third-order valence-electron chi connectivity index (χ3n) is 2.24. The van der Waals surface area contributed by atoms with Crippen LogP contribution in [-0.2, 0) is 21.0 Å². The van der Waals surface area contributed by atoms with Gasteiger partial charge in [-0.05, 0) is 43.1 Å². The van der Waals surface area contributed by atoms with Crippen LogP contribution in [0.15, 0.2) is 35.5 Å². The van der Waals surface area contributed by atoms with E-state index in [2.05, 4.69) is 10.5 Å². The maximum absolute atomic E-state index is 11.7. The predicted octanol–water partition coefficient (Wildman–Crippen LogP) is 2.96. The van der Waals surface area contributed by atoms with Gasteiger partial charge in [-0.2, -0.15) is 0 Å². The number of oxime groups is 1. The minimum atomic E-state index is -1.01. The zero-order chi connectivity index (χ0) is 16.6. The lowest BCUT2D eigenvalue weighted by Crippen LogP contribution is -2.35. The van der Waals surface area contributed by atoms with Crippen molar-refractivity contribution < 1.29 is 19.2 Å². The van der Waals surface area contributed by atoms with Crippen LogP contribution in [-0.4, -0.2) is 28.4 Å². The van der Waals surface area contributed by atoms with Crippen molar-refractivity contribution in [2.24, 2.45) is 5.16 Å². The highest BCUT2D eigenvalue weighted by Gasteiger charge is 2.18. The zero-order valence-corrected chi connectivity index (χ0v) is 13.9. The average Bonchev–Trinajstić information content (AvgIpc) is 2.44. The van der Waals surface area contributed by atoms with E-state index in [9.17, 15) is 9.59 Å². The quantitative estimate of drug-likeness (QED) is 0.401. The second-order valence-corrected chi connectivity index (χ2v) is 6.95. The van der Waals surface area contributed by atoms with Gasteiger partial charge in [-0.15, -0.1) is 0 Å². The lowest BCUT2D eigenvalue weighted by molar-refractivity contribution is 0.0559. The molecule has 0 spiro atoms. The Hall–Kier alpha value is -2.11. The van der Waals surface area contributed by atoms with Crippen molar-refractivity contribution in [3.05, 3.63) is 35.9 Å². The van der Waals surface area contributed by atoms with Crippen LogP contribution in [0.2, 0.25) is 0 Å². The second kappa shape index (κ2) is 8.36. The van der Waals surface area contributed by atoms with E-state index in [1.807, 2.05) is 30.3 Å². The van der Waals surface area contributed by atoms with E-state index < -0.39 is 22.2 Å². The van der Waals surface area contributed by atoms with Crippen LogP contribution in [0.3, 0.4) is 0 Å². The van der Waals surface area contributed by atoms with Crippen LogP contribution in [0.4, 0.5) is 4.79 Å². The molecule has 0 saturated heterocycles. The molecule has 1 amide bonds. The predicted molar refractivity (Wildman–Crippen MR) is 87.2 cm³/mol. The van der Waals surface area contributed by atoms with Crippen LogP contribution >= 0.6 is 10.5 Å². The Bertz CT molecular complexity index is 587. The molecular formula is C15H20N2O4S. The van der Waals surface area contributed by atoms with Crippen molar-refractivity contribution in [1.29, 1.82) is 0 Å². The van der Waals surface area contributed by atoms with Gasteiger partial charge in [-0.1, -0.05) is 35.5 Å². The van der Waals surface area contributed by atoms with E-state index in [0.717, 1.165) is 5.56 Å². The molecule has 0 heterocycles. The molecule has 0 aliphatic heterocycles. The van der Waals surface area contributed by atoms with Crippen molar-refractivity contribution in [2.75, 3.05) is 6.26 Å². The van der Waals surface area contributed by atoms with E-state index in [4.69, 9.17) is 9.57 Å². The van der Waals surface area contributed by atoms with E-state index in [-0.39, 0.29) is 11.8 Å². The summed E-state index contributed by atoms with van der Waals surface area (Å²) in [6.45, 7) is 5.46. The van der Waals surface area contributed by atoms with Gasteiger partial charge >= 0.3 is 6.09 Å². The molecule has 1 atom stereocenters. The number of ether oxygens (including phenoxy) is 1. The van der Waals surface area contributed by atoms with Crippen LogP contribution < -0.4 is 5.32 Å². The van der Waals surface area contributed by atoms with Gasteiger partial charge in [0.25, 0.3) is 0 Å². The molecule has 1 N–H and O–H groups in total. The van der Waals surface area contributed by atoms with Crippen LogP contribution in [0, 0.1) is 0 Å². The standard InChI is InChI=1S/C15H20N2O4S/c1-15(2,3)21-14(19)16-13(22(4)11-18)17-20-10-12-8-6-5-7-9-12/h5-9H,10H2,1-4H3,(H,16,17,19). The monoisotopic (exact) mass is 324 g/mol. The van der Waals surface area contributed by atoms with Crippen molar-refractivity contribution in [2.45, 2.75) is 33.0 Å². The summed E-state index contributed by atoms with van der Waals surface area (Å²) >= 11 is 0. The van der Waals surface area contributed by atoms with Gasteiger partial charge < -0.3 is 9.57 Å². The summed E-state index contributed by atoms with van der Waals surface area (Å²) in [5.74, 6) is 0. The fourth-order valence-electron chi connectivity index (χ4n) is 1.33. The Morgan fingerprint density at radius 1 is 1.32 bits per heavy atom. The topological polar surface area (TPSA) is 77.0 Å². The summed E-state index contributed by atoms with van der Waals surface area (Å²) in [4.78, 5) is 27.7. The first kappa shape index (κ1) is 17.9. The molecule has 1 rings (SSSR count). The summed E-state index contributed by atoms with van der Waals surface area (Å²) in [7, 11) is -1.01. The van der Waals surface area contributed by atoms with Gasteiger partial charge in [-0.3, -0.25) is 5.32 Å². The van der Waals surface area contributed by atoms with Gasteiger partial charge in [0.15, 0.2) is 5.23 Å². The van der Waals surface area contributed by atoms with Gasteiger partial charge in [-0.25, -0.2) is 9.59 Å². The Morgan fingerprint density at radius 2 is 1.95 bits per heavy atom. The first-order valence-electron chi connectivity index (χ1n) is 6.59. The summed E-state index contributed by atoms with van der Waals surface area (Å²) in [5, 5.41) is 8.10. The van der Waals surface area contributed by atoms with Gasteiger partial charge in [0, 0.05) is 0 Å². The van der Waals surface area contributed by atoms with Gasteiger partial charge in [0.1, 0.15) is 12.2 Å². The van der Waals surface area contributed by atoms with Crippen LogP contribution in [0.25, 0.3) is 0 Å². The highest BCUT2D eigenvalue weighted by Crippen LogP contribution is 2.10. The number of alkyl carbamates (subject to hydrolysis) is 1. The number of benzene rings is 1. The molecule has 0 aliphatic rings. The molecular weight excluding hydrogens is 304 g/mol. The molecule has 7 heteroatoms. The first-order chi connectivity index (χ1) is 10.3. The molecule has 0 saturated carbocycles. The summed E-state index contributed by atoms with van der Waals surface area (Å²) in [6.07, 6.45) is 0.888. The third-order valence-corrected chi connectivity index (χ3v) is 3.25. The van der Waals surface area contributed by atoms with Crippen molar-refractivity contribution >= 4 is 27.0 Å². The number of rotatable bonds is 3. The number of carbonyl (C=O) groups excluding carboxylic acids is 2. The minimum absolute atomic E-state index is 0.0835. The van der Waals surface area contributed by atoms with E-state index in [0.29, 0.717) is 0 Å². The Morgan fingerprint density at radius 3 is 2.50 bits per heavy atom. The maximum Gasteiger partial charge on any atom is 0.413 e. The number of amidine groups is 1. The summed E-state index contributed by atoms with van der Waals surface area (Å²) in [6, 6.07) is 9.42. The van der Waals surface area contributed by atoms with Crippen LogP contribution in [0.1, 0.15) is 26.3 Å². The Labute approximate surface area is 132 Å². The minimum Gasteiger partial charge on any atom is -0.444 e. The average molecular weight is 324 g/mol. The highest BCUT2D eigenvalue weighted by molar-refractivity contribution is 8.26. The Kier molecular flexibility index (Phi) is 6.82. The van der Waals surface area contributed by atoms with Crippen molar-refractivity contribution in [3.63, 3.8) is 0 Å². The number of nitrogens with one attached hydrogen (secondary N) is 1. The molecule has 0 aliphatic carbocycles. The van der Waals surface area contributed by atoms with Gasteiger partial charge in [0.2, 0.25) is 5.17 Å². The molecule has 22 heavy (non-hydrogen) atoms. The fraction of sp³-hybridized carbons (Fsp3) is 0.400. The molecule has 120 valence electrons. The van der Waals surface area contributed by atoms with E-state index in [1.165, 1.54) is 0 Å². The van der Waals surface area contributed by atoms with Crippen LogP contribution in [0.5, 0.6) is 0 Å². The highest BCUT2D eigenvalue weighted by atomic mass is 32.2. The Balaban J connectivity index is 2.70. The van der Waals surface area contributed by atoms with Gasteiger partial charge in [0.05, 0.1) is 0 Å². The number of hydrogen-bond donors (Lipinski definition) is 1. The normalized spacial score (nSPS) is 13.0. The molecule has 0 aromatic heterocycles. The molecule has 1 aromatic rings. The first-order valence-corrected chi connectivity index (χ1v) is 8.23. The number of amides is 1. The molecule has 0 fully saturated rings. The molecule has 1 unspecified atom stereocenters. The SMILES string of the molecule is CS(=C=O)/C(=N\OCc1ccccc1)NC(=O)OC(C)(C)C.